The zero-order chi connectivity index (χ0) is 12.3. The fourth-order valence-electron chi connectivity index (χ4n) is 1.77. The summed E-state index contributed by atoms with van der Waals surface area (Å²) in [5.41, 5.74) is 0.697. The van der Waals surface area contributed by atoms with Gasteiger partial charge in [-0.05, 0) is 24.1 Å². The minimum atomic E-state index is -0.448. The second-order valence-corrected chi connectivity index (χ2v) is 4.01. The summed E-state index contributed by atoms with van der Waals surface area (Å²) in [7, 11) is 0. The molecule has 0 bridgehead atoms. The Bertz CT molecular complexity index is 448. The van der Waals surface area contributed by atoms with E-state index in [-0.39, 0.29) is 24.2 Å². The Morgan fingerprint density at radius 1 is 1.53 bits per heavy atom. The zero-order valence-electron chi connectivity index (χ0n) is 9.20. The standard InChI is InChI=1S/C12H13FN2O2/c13-9-3-1-2-8(6-9)7-14-12(17)10-4-5-11(16)15-10/h1-3,6,10H,4-5,7H2,(H,14,17)(H,15,16). The van der Waals surface area contributed by atoms with Crippen molar-refractivity contribution < 1.29 is 14.0 Å². The van der Waals surface area contributed by atoms with Gasteiger partial charge in [0.2, 0.25) is 11.8 Å². The topological polar surface area (TPSA) is 58.2 Å². The van der Waals surface area contributed by atoms with Gasteiger partial charge in [0.1, 0.15) is 11.9 Å². The summed E-state index contributed by atoms with van der Waals surface area (Å²) in [5, 5.41) is 5.24. The molecule has 5 heteroatoms. The minimum Gasteiger partial charge on any atom is -0.350 e. The van der Waals surface area contributed by atoms with Crippen molar-refractivity contribution in [2.75, 3.05) is 0 Å². The lowest BCUT2D eigenvalue weighted by atomic mass is 10.2. The van der Waals surface area contributed by atoms with Crippen LogP contribution in [0.25, 0.3) is 0 Å². The highest BCUT2D eigenvalue weighted by molar-refractivity contribution is 5.90. The van der Waals surface area contributed by atoms with Crippen molar-refractivity contribution in [1.29, 1.82) is 0 Å². The molecule has 1 unspecified atom stereocenters. The highest BCUT2D eigenvalue weighted by Crippen LogP contribution is 2.07. The smallest absolute Gasteiger partial charge is 0.242 e. The average Bonchev–Trinajstić information content (AvgIpc) is 2.73. The quantitative estimate of drug-likeness (QED) is 0.812. The molecular weight excluding hydrogens is 223 g/mol. The van der Waals surface area contributed by atoms with Gasteiger partial charge in [0.15, 0.2) is 0 Å². The third-order valence-electron chi connectivity index (χ3n) is 2.67. The average molecular weight is 236 g/mol. The highest BCUT2D eigenvalue weighted by atomic mass is 19.1. The van der Waals surface area contributed by atoms with Crippen molar-refractivity contribution in [3.63, 3.8) is 0 Å². The molecule has 4 nitrogen and oxygen atoms in total. The van der Waals surface area contributed by atoms with Crippen LogP contribution >= 0.6 is 0 Å². The van der Waals surface area contributed by atoms with Gasteiger partial charge in [0, 0.05) is 13.0 Å². The molecule has 0 aromatic heterocycles. The van der Waals surface area contributed by atoms with Crippen LogP contribution in [-0.4, -0.2) is 17.9 Å². The van der Waals surface area contributed by atoms with Gasteiger partial charge in [0.05, 0.1) is 0 Å². The molecule has 1 aromatic carbocycles. The van der Waals surface area contributed by atoms with Crippen molar-refractivity contribution in [2.24, 2.45) is 0 Å². The van der Waals surface area contributed by atoms with E-state index in [1.165, 1.54) is 12.1 Å². The van der Waals surface area contributed by atoms with Gasteiger partial charge in [0.25, 0.3) is 0 Å². The van der Waals surface area contributed by atoms with Crippen LogP contribution in [0.2, 0.25) is 0 Å². The maximum atomic E-state index is 12.9. The van der Waals surface area contributed by atoms with E-state index in [9.17, 15) is 14.0 Å². The van der Waals surface area contributed by atoms with Crippen LogP contribution in [0.5, 0.6) is 0 Å². The molecule has 1 aliphatic rings. The van der Waals surface area contributed by atoms with E-state index in [1.807, 2.05) is 0 Å². The van der Waals surface area contributed by atoms with Crippen LogP contribution < -0.4 is 10.6 Å². The summed E-state index contributed by atoms with van der Waals surface area (Å²) in [6, 6.07) is 5.59. The van der Waals surface area contributed by atoms with Crippen molar-refractivity contribution >= 4 is 11.8 Å². The Labute approximate surface area is 98.2 Å². The molecule has 2 amide bonds. The first-order chi connectivity index (χ1) is 8.15. The molecule has 0 radical (unpaired) electrons. The molecular formula is C12H13FN2O2. The molecule has 1 fully saturated rings. The second kappa shape index (κ2) is 4.95. The molecule has 90 valence electrons. The number of amides is 2. The fraction of sp³-hybridized carbons (Fsp3) is 0.333. The number of hydrogen-bond donors (Lipinski definition) is 2. The van der Waals surface area contributed by atoms with Crippen molar-refractivity contribution in [3.8, 4) is 0 Å². The Balaban J connectivity index is 1.86. The van der Waals surface area contributed by atoms with Gasteiger partial charge in [-0.1, -0.05) is 12.1 Å². The van der Waals surface area contributed by atoms with Crippen molar-refractivity contribution in [3.05, 3.63) is 35.6 Å². The summed E-state index contributed by atoms with van der Waals surface area (Å²) in [6.45, 7) is 0.267. The van der Waals surface area contributed by atoms with Crippen molar-refractivity contribution in [2.45, 2.75) is 25.4 Å². The van der Waals surface area contributed by atoms with Crippen LogP contribution in [0.15, 0.2) is 24.3 Å². The van der Waals surface area contributed by atoms with Gasteiger partial charge in [-0.15, -0.1) is 0 Å². The van der Waals surface area contributed by atoms with E-state index >= 15 is 0 Å². The predicted octanol–water partition coefficient (Wildman–Crippen LogP) is 0.720. The molecule has 1 aromatic rings. The van der Waals surface area contributed by atoms with E-state index in [4.69, 9.17) is 0 Å². The van der Waals surface area contributed by atoms with Crippen LogP contribution in [0.1, 0.15) is 18.4 Å². The lowest BCUT2D eigenvalue weighted by Crippen LogP contribution is -2.41. The highest BCUT2D eigenvalue weighted by Gasteiger charge is 2.26. The van der Waals surface area contributed by atoms with E-state index in [1.54, 1.807) is 12.1 Å². The molecule has 0 saturated carbocycles. The Kier molecular flexibility index (Phi) is 3.37. The number of nitrogens with one attached hydrogen (secondary N) is 2. The fourth-order valence-corrected chi connectivity index (χ4v) is 1.77. The van der Waals surface area contributed by atoms with E-state index < -0.39 is 6.04 Å². The first-order valence-electron chi connectivity index (χ1n) is 5.46. The molecule has 1 heterocycles. The zero-order valence-corrected chi connectivity index (χ0v) is 9.20. The minimum absolute atomic E-state index is 0.101. The summed E-state index contributed by atoms with van der Waals surface area (Å²) >= 11 is 0. The summed E-state index contributed by atoms with van der Waals surface area (Å²) in [6.07, 6.45) is 0.909. The summed E-state index contributed by atoms with van der Waals surface area (Å²) in [4.78, 5) is 22.6. The molecule has 17 heavy (non-hydrogen) atoms. The molecule has 1 saturated heterocycles. The van der Waals surface area contributed by atoms with Gasteiger partial charge in [-0.3, -0.25) is 9.59 Å². The first-order valence-corrected chi connectivity index (χ1v) is 5.46. The number of carbonyl (C=O) groups is 2. The van der Waals surface area contributed by atoms with Crippen molar-refractivity contribution in [1.82, 2.24) is 10.6 Å². The molecule has 1 atom stereocenters. The largest absolute Gasteiger partial charge is 0.350 e. The van der Waals surface area contributed by atoms with Gasteiger partial charge < -0.3 is 10.6 Å². The summed E-state index contributed by atoms with van der Waals surface area (Å²) < 4.78 is 12.9. The Morgan fingerprint density at radius 3 is 3.00 bits per heavy atom. The van der Waals surface area contributed by atoms with Gasteiger partial charge in [-0.2, -0.15) is 0 Å². The second-order valence-electron chi connectivity index (χ2n) is 4.01. The van der Waals surface area contributed by atoms with Crippen LogP contribution in [0.4, 0.5) is 4.39 Å². The van der Waals surface area contributed by atoms with Crippen LogP contribution in [0, 0.1) is 5.82 Å². The number of hydrogen-bond acceptors (Lipinski definition) is 2. The lowest BCUT2D eigenvalue weighted by Gasteiger charge is -2.10. The SMILES string of the molecule is O=C1CCC(C(=O)NCc2cccc(F)c2)N1. The monoisotopic (exact) mass is 236 g/mol. The van der Waals surface area contributed by atoms with E-state index in [2.05, 4.69) is 10.6 Å². The molecule has 1 aliphatic heterocycles. The third-order valence-corrected chi connectivity index (χ3v) is 2.67. The van der Waals surface area contributed by atoms with Crippen LogP contribution in [0.3, 0.4) is 0 Å². The summed E-state index contributed by atoms with van der Waals surface area (Å²) in [5.74, 6) is -0.651. The van der Waals surface area contributed by atoms with Gasteiger partial charge in [-0.25, -0.2) is 4.39 Å². The molecule has 0 spiro atoms. The van der Waals surface area contributed by atoms with E-state index in [0.717, 1.165) is 0 Å². The third kappa shape index (κ3) is 3.03. The number of halogens is 1. The Morgan fingerprint density at radius 2 is 2.35 bits per heavy atom. The lowest BCUT2D eigenvalue weighted by molar-refractivity contribution is -0.125. The first kappa shape index (κ1) is 11.6. The number of benzene rings is 1. The Hall–Kier alpha value is -1.91. The molecule has 2 rings (SSSR count). The maximum Gasteiger partial charge on any atom is 0.242 e. The molecule has 2 N–H and O–H groups in total. The number of carbonyl (C=O) groups excluding carboxylic acids is 2. The van der Waals surface area contributed by atoms with Gasteiger partial charge >= 0.3 is 0 Å². The number of rotatable bonds is 3. The van der Waals surface area contributed by atoms with Crippen LogP contribution in [-0.2, 0) is 16.1 Å². The predicted molar refractivity (Wildman–Crippen MR) is 59.4 cm³/mol. The molecule has 0 aliphatic carbocycles. The maximum absolute atomic E-state index is 12.9. The van der Waals surface area contributed by atoms with E-state index in [0.29, 0.717) is 18.4 Å². The normalized spacial score (nSPS) is 18.9.